The smallest absolute Gasteiger partial charge is 0.267 e. The molecule has 2 rings (SSSR count). The van der Waals surface area contributed by atoms with Crippen LogP contribution in [0.4, 0.5) is 14.5 Å². The lowest BCUT2D eigenvalue weighted by Crippen LogP contribution is -2.12. The molecule has 0 radical (unpaired) electrons. The van der Waals surface area contributed by atoms with Crippen LogP contribution >= 0.6 is 15.9 Å². The summed E-state index contributed by atoms with van der Waals surface area (Å²) in [6.07, 6.45) is -1.59. The topological polar surface area (TPSA) is 38.3 Å². The molecule has 0 unspecified atom stereocenters. The second-order valence-electron chi connectivity index (χ2n) is 5.48. The fraction of sp³-hybridized carbons (Fsp3) is 0.316. The summed E-state index contributed by atoms with van der Waals surface area (Å²) in [5.41, 5.74) is 2.01. The van der Waals surface area contributed by atoms with E-state index in [0.29, 0.717) is 24.1 Å². The van der Waals surface area contributed by atoms with Crippen molar-refractivity contribution in [2.24, 2.45) is 0 Å². The van der Waals surface area contributed by atoms with E-state index in [9.17, 15) is 13.6 Å². The largest absolute Gasteiger partial charge is 0.488 e. The number of rotatable bonds is 7. The zero-order chi connectivity index (χ0) is 18.4. The molecule has 0 heterocycles. The van der Waals surface area contributed by atoms with E-state index in [-0.39, 0.29) is 23.8 Å². The predicted octanol–water partition coefficient (Wildman–Crippen LogP) is 5.88. The molecular weight excluding hydrogens is 392 g/mol. The van der Waals surface area contributed by atoms with Gasteiger partial charge in [-0.3, -0.25) is 4.79 Å². The number of alkyl halides is 2. The van der Waals surface area contributed by atoms with Crippen molar-refractivity contribution in [3.8, 4) is 5.75 Å². The van der Waals surface area contributed by atoms with Gasteiger partial charge in [0.1, 0.15) is 12.4 Å². The van der Waals surface area contributed by atoms with Crippen LogP contribution < -0.4 is 10.1 Å². The second-order valence-corrected chi connectivity index (χ2v) is 6.34. The van der Waals surface area contributed by atoms with Crippen molar-refractivity contribution < 1.29 is 18.3 Å². The molecule has 0 saturated carbocycles. The molecule has 0 fully saturated rings. The Kier molecular flexibility index (Phi) is 6.93. The van der Waals surface area contributed by atoms with Crippen LogP contribution in [0.15, 0.2) is 40.9 Å². The lowest BCUT2D eigenvalue weighted by atomic mass is 10.1. The van der Waals surface area contributed by atoms with E-state index in [1.807, 2.05) is 13.0 Å². The summed E-state index contributed by atoms with van der Waals surface area (Å²) in [6, 6.07) is 10.2. The Morgan fingerprint density at radius 2 is 2.00 bits per heavy atom. The number of hydrogen-bond acceptors (Lipinski definition) is 2. The minimum Gasteiger partial charge on any atom is -0.488 e. The summed E-state index contributed by atoms with van der Waals surface area (Å²) in [6.45, 7) is 3.73. The van der Waals surface area contributed by atoms with Gasteiger partial charge in [0.2, 0.25) is 5.91 Å². The quantitative estimate of drug-likeness (QED) is 0.617. The number of carbonyl (C=O) groups is 1. The summed E-state index contributed by atoms with van der Waals surface area (Å²) in [5.74, 6) is 0.0237. The van der Waals surface area contributed by atoms with Gasteiger partial charge < -0.3 is 10.1 Å². The van der Waals surface area contributed by atoms with Crippen LogP contribution in [0.1, 0.15) is 43.4 Å². The Labute approximate surface area is 154 Å². The maximum atomic E-state index is 13.3. The van der Waals surface area contributed by atoms with Crippen LogP contribution in [-0.2, 0) is 17.8 Å². The van der Waals surface area contributed by atoms with Crippen molar-refractivity contribution in [3.63, 3.8) is 0 Å². The third-order valence-electron chi connectivity index (χ3n) is 3.80. The molecule has 2 aromatic rings. The van der Waals surface area contributed by atoms with Gasteiger partial charge in [0.05, 0.1) is 5.56 Å². The molecule has 0 bridgehead atoms. The van der Waals surface area contributed by atoms with Crippen LogP contribution in [0.3, 0.4) is 0 Å². The summed E-state index contributed by atoms with van der Waals surface area (Å²) in [4.78, 5) is 11.7. The minimum absolute atomic E-state index is 0.0615. The highest BCUT2D eigenvalue weighted by atomic mass is 79.9. The molecule has 0 saturated heterocycles. The fourth-order valence-electron chi connectivity index (χ4n) is 2.33. The Morgan fingerprint density at radius 1 is 1.24 bits per heavy atom. The van der Waals surface area contributed by atoms with Crippen molar-refractivity contribution >= 4 is 27.5 Å². The summed E-state index contributed by atoms with van der Waals surface area (Å²) in [7, 11) is 0. The van der Waals surface area contributed by atoms with Crippen molar-refractivity contribution in [2.45, 2.75) is 39.7 Å². The van der Waals surface area contributed by atoms with Crippen LogP contribution in [-0.4, -0.2) is 5.91 Å². The molecule has 0 aliphatic carbocycles. The van der Waals surface area contributed by atoms with Gasteiger partial charge in [-0.25, -0.2) is 8.78 Å². The number of aryl methyl sites for hydroxylation is 1. The van der Waals surface area contributed by atoms with Crippen LogP contribution in [0.5, 0.6) is 5.75 Å². The zero-order valence-corrected chi connectivity index (χ0v) is 15.7. The maximum absolute atomic E-state index is 13.3. The van der Waals surface area contributed by atoms with Crippen molar-refractivity contribution in [1.29, 1.82) is 0 Å². The van der Waals surface area contributed by atoms with Gasteiger partial charge in [0, 0.05) is 22.1 Å². The first-order valence-electron chi connectivity index (χ1n) is 8.07. The molecule has 1 N–H and O–H groups in total. The molecular formula is C19H20BrF2NO2. The van der Waals surface area contributed by atoms with Crippen molar-refractivity contribution in [1.82, 2.24) is 0 Å². The van der Waals surface area contributed by atoms with Crippen molar-refractivity contribution in [3.05, 3.63) is 57.6 Å². The normalized spacial score (nSPS) is 10.8. The summed E-state index contributed by atoms with van der Waals surface area (Å²) in [5, 5.41) is 2.80. The third kappa shape index (κ3) is 5.01. The van der Waals surface area contributed by atoms with Crippen LogP contribution in [0, 0.1) is 0 Å². The highest BCUT2D eigenvalue weighted by Crippen LogP contribution is 2.32. The number of hydrogen-bond donors (Lipinski definition) is 1. The molecule has 6 heteroatoms. The maximum Gasteiger partial charge on any atom is 0.267 e. The molecule has 25 heavy (non-hydrogen) atoms. The highest BCUT2D eigenvalue weighted by Gasteiger charge is 2.16. The van der Waals surface area contributed by atoms with E-state index in [4.69, 9.17) is 4.74 Å². The first kappa shape index (κ1) is 19.4. The van der Waals surface area contributed by atoms with E-state index in [2.05, 4.69) is 21.2 Å². The Morgan fingerprint density at radius 3 is 2.64 bits per heavy atom. The number of nitrogens with one attached hydrogen (secondary N) is 1. The molecule has 2 aromatic carbocycles. The average Bonchev–Trinajstić information content (AvgIpc) is 2.60. The molecule has 0 aliphatic rings. The second kappa shape index (κ2) is 8.94. The van der Waals surface area contributed by atoms with Crippen molar-refractivity contribution in [2.75, 3.05) is 5.32 Å². The third-order valence-corrected chi connectivity index (χ3v) is 4.55. The highest BCUT2D eigenvalue weighted by molar-refractivity contribution is 9.10. The van der Waals surface area contributed by atoms with E-state index >= 15 is 0 Å². The zero-order valence-electron chi connectivity index (χ0n) is 14.1. The standard InChI is InChI=1S/C19H20BrF2NO2/c1-3-12-8-9-17(13(10-12)19(21)22)25-11-14-15(20)6-5-7-16(14)23-18(24)4-2/h5-10,19H,3-4,11H2,1-2H3,(H,23,24). The molecule has 0 spiro atoms. The van der Waals surface area contributed by atoms with E-state index in [0.717, 1.165) is 10.0 Å². The van der Waals surface area contributed by atoms with Gasteiger partial charge in [0.15, 0.2) is 0 Å². The monoisotopic (exact) mass is 411 g/mol. The van der Waals surface area contributed by atoms with Crippen LogP contribution in [0.2, 0.25) is 0 Å². The predicted molar refractivity (Wildman–Crippen MR) is 98.2 cm³/mol. The Bertz CT molecular complexity index is 750. The van der Waals surface area contributed by atoms with Gasteiger partial charge in [-0.2, -0.15) is 0 Å². The average molecular weight is 412 g/mol. The van der Waals surface area contributed by atoms with Gasteiger partial charge in [-0.05, 0) is 36.2 Å². The first-order valence-corrected chi connectivity index (χ1v) is 8.86. The summed E-state index contributed by atoms with van der Waals surface area (Å²) < 4.78 is 33.0. The fourth-order valence-corrected chi connectivity index (χ4v) is 2.81. The number of benzene rings is 2. The summed E-state index contributed by atoms with van der Waals surface area (Å²) >= 11 is 3.42. The molecule has 0 atom stereocenters. The number of anilines is 1. The minimum atomic E-state index is -2.61. The molecule has 0 aromatic heterocycles. The van der Waals surface area contributed by atoms with E-state index < -0.39 is 6.43 Å². The number of halogens is 3. The number of amides is 1. The molecule has 1 amide bonds. The Balaban J connectivity index is 2.26. The van der Waals surface area contributed by atoms with Crippen LogP contribution in [0.25, 0.3) is 0 Å². The first-order chi connectivity index (χ1) is 12.0. The molecule has 0 aliphatic heterocycles. The lowest BCUT2D eigenvalue weighted by Gasteiger charge is -2.16. The van der Waals surface area contributed by atoms with E-state index in [1.54, 1.807) is 31.2 Å². The van der Waals surface area contributed by atoms with Gasteiger partial charge in [0.25, 0.3) is 6.43 Å². The van der Waals surface area contributed by atoms with Gasteiger partial charge >= 0.3 is 0 Å². The molecule has 3 nitrogen and oxygen atoms in total. The van der Waals surface area contributed by atoms with E-state index in [1.165, 1.54) is 6.07 Å². The number of ether oxygens (including phenoxy) is 1. The number of carbonyl (C=O) groups excluding carboxylic acids is 1. The lowest BCUT2D eigenvalue weighted by molar-refractivity contribution is -0.115. The van der Waals surface area contributed by atoms with Gasteiger partial charge in [-0.1, -0.05) is 41.9 Å². The SMILES string of the molecule is CCC(=O)Nc1cccc(Br)c1COc1ccc(CC)cc1C(F)F. The Hall–Kier alpha value is -1.95. The molecule has 134 valence electrons. The van der Waals surface area contributed by atoms with Gasteiger partial charge in [-0.15, -0.1) is 0 Å².